The lowest BCUT2D eigenvalue weighted by atomic mass is 10.1. The van der Waals surface area contributed by atoms with E-state index in [4.69, 9.17) is 4.74 Å². The van der Waals surface area contributed by atoms with Crippen LogP contribution in [0.1, 0.15) is 22.9 Å². The molecule has 7 heteroatoms. The average Bonchev–Trinajstić information content (AvgIpc) is 3.43. The first-order chi connectivity index (χ1) is 15.2. The number of benzene rings is 2. The van der Waals surface area contributed by atoms with Gasteiger partial charge in [-0.2, -0.15) is 5.01 Å². The Morgan fingerprint density at radius 3 is 2.68 bits per heavy atom. The van der Waals surface area contributed by atoms with E-state index in [2.05, 4.69) is 15.1 Å². The fourth-order valence-corrected chi connectivity index (χ4v) is 3.47. The molecule has 2 aromatic heterocycles. The van der Waals surface area contributed by atoms with Gasteiger partial charge in [0.2, 0.25) is 12.1 Å². The monoisotopic (exact) mass is 410 g/mol. The number of rotatable bonds is 4. The highest BCUT2D eigenvalue weighted by atomic mass is 16.5. The van der Waals surface area contributed by atoms with E-state index < -0.39 is 6.23 Å². The standard InChI is InChI=1S/C24H18N4O3/c29-21-8-4-1-5-16(21)9-10-22(30)28-24(19-15-26-20-7-3-2-6-18(19)20)31-23(27-28)17-11-13-25-14-12-17/h1-15,24,26,29H/b10-9-. The fraction of sp³-hybridized carbons (Fsp3) is 0.0417. The number of amides is 1. The average molecular weight is 410 g/mol. The third-order valence-electron chi connectivity index (χ3n) is 5.03. The van der Waals surface area contributed by atoms with Crippen LogP contribution in [-0.4, -0.2) is 31.9 Å². The van der Waals surface area contributed by atoms with Crippen LogP contribution in [0.5, 0.6) is 5.75 Å². The number of hydrazone groups is 1. The zero-order valence-electron chi connectivity index (χ0n) is 16.3. The van der Waals surface area contributed by atoms with Crippen molar-refractivity contribution in [3.8, 4) is 5.75 Å². The summed E-state index contributed by atoms with van der Waals surface area (Å²) in [6.45, 7) is 0. The molecule has 1 atom stereocenters. The van der Waals surface area contributed by atoms with Crippen molar-refractivity contribution in [3.05, 3.63) is 102 Å². The number of H-pyrrole nitrogens is 1. The van der Waals surface area contributed by atoms with Crippen LogP contribution in [0.4, 0.5) is 0 Å². The predicted molar refractivity (Wildman–Crippen MR) is 117 cm³/mol. The number of hydrogen-bond acceptors (Lipinski definition) is 5. The molecule has 1 aliphatic rings. The number of phenolic OH excluding ortho intramolecular Hbond substituents is 1. The van der Waals surface area contributed by atoms with Gasteiger partial charge in [-0.05, 0) is 30.3 Å². The first-order valence-electron chi connectivity index (χ1n) is 9.71. The zero-order chi connectivity index (χ0) is 21.2. The molecule has 152 valence electrons. The summed E-state index contributed by atoms with van der Waals surface area (Å²) in [5.74, 6) is 0.0583. The third-order valence-corrected chi connectivity index (χ3v) is 5.03. The maximum absolute atomic E-state index is 13.1. The molecule has 0 spiro atoms. The summed E-state index contributed by atoms with van der Waals surface area (Å²) in [6.07, 6.45) is 7.31. The molecular formula is C24H18N4O3. The van der Waals surface area contributed by atoms with Crippen LogP contribution in [0.25, 0.3) is 17.0 Å². The van der Waals surface area contributed by atoms with E-state index in [0.717, 1.165) is 22.0 Å². The third kappa shape index (κ3) is 3.53. The molecule has 0 aliphatic carbocycles. The van der Waals surface area contributed by atoms with E-state index in [1.54, 1.807) is 54.9 Å². The minimum atomic E-state index is -0.735. The van der Waals surface area contributed by atoms with E-state index >= 15 is 0 Å². The number of aromatic amines is 1. The van der Waals surface area contributed by atoms with Crippen LogP contribution in [0.3, 0.4) is 0 Å². The Hall–Kier alpha value is -4.39. The van der Waals surface area contributed by atoms with Crippen molar-refractivity contribution in [1.29, 1.82) is 0 Å². The number of carbonyl (C=O) groups is 1. The Bertz CT molecular complexity index is 1310. The molecule has 1 aliphatic heterocycles. The molecule has 1 unspecified atom stereocenters. The first kappa shape index (κ1) is 18.6. The smallest absolute Gasteiger partial charge is 0.270 e. The summed E-state index contributed by atoms with van der Waals surface area (Å²) in [4.78, 5) is 20.3. The molecular weight excluding hydrogens is 392 g/mol. The van der Waals surface area contributed by atoms with Gasteiger partial charge < -0.3 is 14.8 Å². The molecule has 7 nitrogen and oxygen atoms in total. The van der Waals surface area contributed by atoms with Gasteiger partial charge in [-0.25, -0.2) is 0 Å². The van der Waals surface area contributed by atoms with Gasteiger partial charge in [-0.3, -0.25) is 9.78 Å². The molecule has 0 radical (unpaired) electrons. The summed E-state index contributed by atoms with van der Waals surface area (Å²) in [6, 6.07) is 18.2. The van der Waals surface area contributed by atoms with Gasteiger partial charge >= 0.3 is 0 Å². The molecule has 2 N–H and O–H groups in total. The lowest BCUT2D eigenvalue weighted by molar-refractivity contribution is -0.132. The van der Waals surface area contributed by atoms with Gasteiger partial charge in [-0.15, -0.1) is 5.10 Å². The lowest BCUT2D eigenvalue weighted by Crippen LogP contribution is -2.26. The molecule has 4 aromatic rings. The number of fused-ring (bicyclic) bond motifs is 1. The highest BCUT2D eigenvalue weighted by molar-refractivity contribution is 5.99. The van der Waals surface area contributed by atoms with Crippen LogP contribution >= 0.6 is 0 Å². The van der Waals surface area contributed by atoms with Gasteiger partial charge in [0.1, 0.15) is 5.75 Å². The van der Waals surface area contributed by atoms with Gasteiger partial charge in [0.05, 0.1) is 0 Å². The predicted octanol–water partition coefficient (Wildman–Crippen LogP) is 4.20. The number of phenols is 1. The topological polar surface area (TPSA) is 90.8 Å². The largest absolute Gasteiger partial charge is 0.507 e. The molecule has 0 bridgehead atoms. The van der Waals surface area contributed by atoms with Gasteiger partial charge in [0.15, 0.2) is 0 Å². The summed E-state index contributed by atoms with van der Waals surface area (Å²) in [5, 5.41) is 16.7. The summed E-state index contributed by atoms with van der Waals surface area (Å²) in [5.41, 5.74) is 3.00. The fourth-order valence-electron chi connectivity index (χ4n) is 3.47. The van der Waals surface area contributed by atoms with Crippen molar-refractivity contribution in [1.82, 2.24) is 15.0 Å². The highest BCUT2D eigenvalue weighted by Gasteiger charge is 2.35. The number of aromatic hydroxyl groups is 1. The lowest BCUT2D eigenvalue weighted by Gasteiger charge is -2.18. The number of ether oxygens (including phenoxy) is 1. The quantitative estimate of drug-likeness (QED) is 0.493. The van der Waals surface area contributed by atoms with E-state index in [1.807, 2.05) is 30.5 Å². The molecule has 3 heterocycles. The summed E-state index contributed by atoms with van der Waals surface area (Å²) >= 11 is 0. The van der Waals surface area contributed by atoms with E-state index in [1.165, 1.54) is 11.1 Å². The number of hydrogen-bond donors (Lipinski definition) is 2. The number of carbonyl (C=O) groups excluding carboxylic acids is 1. The van der Waals surface area contributed by atoms with Gasteiger partial charge in [0, 0.05) is 52.3 Å². The first-order valence-corrected chi connectivity index (χ1v) is 9.71. The van der Waals surface area contributed by atoms with Crippen molar-refractivity contribution in [2.45, 2.75) is 6.23 Å². The Morgan fingerprint density at radius 1 is 1.06 bits per heavy atom. The van der Waals surface area contributed by atoms with Crippen molar-refractivity contribution in [3.63, 3.8) is 0 Å². The van der Waals surface area contributed by atoms with Crippen molar-refractivity contribution < 1.29 is 14.6 Å². The zero-order valence-corrected chi connectivity index (χ0v) is 16.3. The second-order valence-corrected chi connectivity index (χ2v) is 6.98. The van der Waals surface area contributed by atoms with Crippen molar-refractivity contribution in [2.75, 3.05) is 0 Å². The second kappa shape index (κ2) is 7.79. The van der Waals surface area contributed by atoms with E-state index in [9.17, 15) is 9.90 Å². The van der Waals surface area contributed by atoms with Crippen LogP contribution < -0.4 is 0 Å². The molecule has 5 rings (SSSR count). The Balaban J connectivity index is 1.52. The number of nitrogens with one attached hydrogen (secondary N) is 1. The van der Waals surface area contributed by atoms with E-state index in [-0.39, 0.29) is 11.7 Å². The highest BCUT2D eigenvalue weighted by Crippen LogP contribution is 2.34. The van der Waals surface area contributed by atoms with Crippen LogP contribution in [0.15, 0.2) is 90.4 Å². The normalized spacial score (nSPS) is 15.9. The molecule has 0 saturated carbocycles. The SMILES string of the molecule is O=C(/C=C\c1ccccc1O)N1N=C(c2ccncc2)OC1c1c[nH]c2ccccc12. The molecule has 31 heavy (non-hydrogen) atoms. The second-order valence-electron chi connectivity index (χ2n) is 6.98. The molecule has 0 saturated heterocycles. The number of aromatic nitrogens is 2. The van der Waals surface area contributed by atoms with E-state index in [0.29, 0.717) is 11.5 Å². The van der Waals surface area contributed by atoms with Gasteiger partial charge in [-0.1, -0.05) is 36.4 Å². The van der Waals surface area contributed by atoms with Crippen LogP contribution in [0.2, 0.25) is 0 Å². The van der Waals surface area contributed by atoms with Crippen molar-refractivity contribution >= 4 is 28.8 Å². The molecule has 1 amide bonds. The summed E-state index contributed by atoms with van der Waals surface area (Å²) < 4.78 is 6.13. The van der Waals surface area contributed by atoms with Crippen molar-refractivity contribution in [2.24, 2.45) is 5.10 Å². The van der Waals surface area contributed by atoms with Gasteiger partial charge in [0.25, 0.3) is 5.91 Å². The Labute approximate surface area is 177 Å². The Kier molecular flexibility index (Phi) is 4.68. The maximum atomic E-state index is 13.1. The molecule has 2 aromatic carbocycles. The minimum Gasteiger partial charge on any atom is -0.507 e. The number of pyridine rings is 1. The summed E-state index contributed by atoms with van der Waals surface area (Å²) in [7, 11) is 0. The Morgan fingerprint density at radius 2 is 1.84 bits per heavy atom. The van der Waals surface area contributed by atoms with Crippen LogP contribution in [0, 0.1) is 0 Å². The molecule has 0 fully saturated rings. The number of para-hydroxylation sites is 2. The minimum absolute atomic E-state index is 0.0957. The maximum Gasteiger partial charge on any atom is 0.270 e. The number of nitrogens with zero attached hydrogens (tertiary/aromatic N) is 3. The van der Waals surface area contributed by atoms with Crippen LogP contribution in [-0.2, 0) is 9.53 Å².